The van der Waals surface area contributed by atoms with Crippen LogP contribution in [-0.4, -0.2) is 56.6 Å². The summed E-state index contributed by atoms with van der Waals surface area (Å²) in [6.45, 7) is 1.10. The SMILES string of the molecule is O=C(O)CCc1ccccc1OCCC(O)/C=C/c1cccc(N(CC2CCO2)S(=O)(=O)c2ccccc2)c1. The van der Waals surface area contributed by atoms with Crippen LogP contribution in [0.5, 0.6) is 5.75 Å². The van der Waals surface area contributed by atoms with E-state index in [0.717, 1.165) is 17.5 Å². The predicted octanol–water partition coefficient (Wildman–Crippen LogP) is 4.53. The Kier molecular flexibility index (Phi) is 9.75. The van der Waals surface area contributed by atoms with Crippen LogP contribution in [0.15, 0.2) is 89.8 Å². The van der Waals surface area contributed by atoms with Gasteiger partial charge in [-0.15, -0.1) is 0 Å². The van der Waals surface area contributed by atoms with Gasteiger partial charge in [-0.3, -0.25) is 9.10 Å². The Morgan fingerprint density at radius 3 is 2.54 bits per heavy atom. The summed E-state index contributed by atoms with van der Waals surface area (Å²) in [5.74, 6) is -0.260. The number of benzene rings is 3. The maximum absolute atomic E-state index is 13.5. The van der Waals surface area contributed by atoms with Crippen LogP contribution in [-0.2, 0) is 26.0 Å². The zero-order valence-corrected chi connectivity index (χ0v) is 22.4. The molecule has 1 aliphatic heterocycles. The highest BCUT2D eigenvalue weighted by molar-refractivity contribution is 7.92. The molecule has 39 heavy (non-hydrogen) atoms. The fourth-order valence-electron chi connectivity index (χ4n) is 4.16. The summed E-state index contributed by atoms with van der Waals surface area (Å²) in [6.07, 6.45) is 3.98. The second kappa shape index (κ2) is 13.4. The molecule has 9 heteroatoms. The maximum Gasteiger partial charge on any atom is 0.303 e. The van der Waals surface area contributed by atoms with Crippen LogP contribution in [0.3, 0.4) is 0 Å². The predicted molar refractivity (Wildman–Crippen MR) is 149 cm³/mol. The van der Waals surface area contributed by atoms with Gasteiger partial charge in [-0.1, -0.05) is 60.7 Å². The molecule has 0 radical (unpaired) electrons. The maximum atomic E-state index is 13.5. The third-order valence-corrected chi connectivity index (χ3v) is 8.22. The fraction of sp³-hybridized carbons (Fsp3) is 0.300. The molecule has 0 aromatic heterocycles. The van der Waals surface area contributed by atoms with Gasteiger partial charge in [0, 0.05) is 19.4 Å². The van der Waals surface area contributed by atoms with Gasteiger partial charge in [0.2, 0.25) is 0 Å². The monoisotopic (exact) mass is 551 g/mol. The number of rotatable bonds is 14. The summed E-state index contributed by atoms with van der Waals surface area (Å²) in [5.41, 5.74) is 2.07. The summed E-state index contributed by atoms with van der Waals surface area (Å²) in [6, 6.07) is 22.8. The number of aliphatic carboxylic acids is 1. The van der Waals surface area contributed by atoms with E-state index in [-0.39, 0.29) is 30.6 Å². The molecule has 2 unspecified atom stereocenters. The van der Waals surface area contributed by atoms with Gasteiger partial charge in [0.1, 0.15) is 5.75 Å². The average Bonchev–Trinajstić information content (AvgIpc) is 2.91. The Hall–Kier alpha value is -3.66. The van der Waals surface area contributed by atoms with Crippen LogP contribution < -0.4 is 9.04 Å². The lowest BCUT2D eigenvalue weighted by Gasteiger charge is -2.33. The van der Waals surface area contributed by atoms with Crippen LogP contribution in [0.2, 0.25) is 0 Å². The van der Waals surface area contributed by atoms with Crippen LogP contribution in [0.25, 0.3) is 6.08 Å². The Balaban J connectivity index is 1.40. The molecule has 0 spiro atoms. The van der Waals surface area contributed by atoms with Crippen molar-refractivity contribution in [3.63, 3.8) is 0 Å². The minimum Gasteiger partial charge on any atom is -0.493 e. The van der Waals surface area contributed by atoms with Crippen molar-refractivity contribution in [1.29, 1.82) is 0 Å². The molecule has 3 aromatic rings. The quantitative estimate of drug-likeness (QED) is 0.303. The van der Waals surface area contributed by atoms with Crippen LogP contribution in [0.1, 0.15) is 30.4 Å². The van der Waals surface area contributed by atoms with E-state index in [4.69, 9.17) is 14.6 Å². The molecule has 1 saturated heterocycles. The number of hydrogen-bond acceptors (Lipinski definition) is 6. The lowest BCUT2D eigenvalue weighted by Crippen LogP contribution is -2.43. The van der Waals surface area contributed by atoms with E-state index >= 15 is 0 Å². The molecule has 8 nitrogen and oxygen atoms in total. The molecule has 0 aliphatic carbocycles. The summed E-state index contributed by atoms with van der Waals surface area (Å²) in [7, 11) is -3.79. The number of nitrogens with zero attached hydrogens (tertiary/aromatic N) is 1. The topological polar surface area (TPSA) is 113 Å². The highest BCUT2D eigenvalue weighted by Crippen LogP contribution is 2.28. The molecular formula is C30H33NO7S. The largest absolute Gasteiger partial charge is 0.493 e. The molecule has 0 bridgehead atoms. The molecule has 1 fully saturated rings. The van der Waals surface area contributed by atoms with Gasteiger partial charge < -0.3 is 19.7 Å². The number of aryl methyl sites for hydroxylation is 1. The second-order valence-electron chi connectivity index (χ2n) is 9.29. The minimum absolute atomic E-state index is 0.0164. The van der Waals surface area contributed by atoms with Crippen LogP contribution in [0, 0.1) is 0 Å². The third-order valence-electron chi connectivity index (χ3n) is 6.42. The van der Waals surface area contributed by atoms with Crippen molar-refractivity contribution < 1.29 is 32.9 Å². The number of hydrogen-bond donors (Lipinski definition) is 2. The Labute approximate surface area is 229 Å². The van der Waals surface area contributed by atoms with Gasteiger partial charge in [0.15, 0.2) is 0 Å². The van der Waals surface area contributed by atoms with Gasteiger partial charge in [-0.25, -0.2) is 8.42 Å². The normalized spacial score (nSPS) is 16.0. The zero-order chi connectivity index (χ0) is 27.7. The first-order valence-electron chi connectivity index (χ1n) is 12.9. The Morgan fingerprint density at radius 1 is 1.08 bits per heavy atom. The van der Waals surface area contributed by atoms with E-state index in [2.05, 4.69) is 0 Å². The second-order valence-corrected chi connectivity index (χ2v) is 11.2. The zero-order valence-electron chi connectivity index (χ0n) is 21.6. The van der Waals surface area contributed by atoms with E-state index < -0.39 is 22.1 Å². The molecule has 2 atom stereocenters. The highest BCUT2D eigenvalue weighted by atomic mass is 32.2. The number of para-hydroxylation sites is 1. The smallest absolute Gasteiger partial charge is 0.303 e. The fourth-order valence-corrected chi connectivity index (χ4v) is 5.67. The standard InChI is InChI=1S/C30H33NO7S/c32-26(17-19-38-29-12-5-4-8-24(29)14-16-30(33)34)15-13-23-7-6-9-25(21-23)31(22-27-18-20-37-27)39(35,36)28-10-2-1-3-11-28/h1-13,15,21,26-27,32H,14,16-20,22H2,(H,33,34)/b15-13+. The number of ether oxygens (including phenoxy) is 2. The number of sulfonamides is 1. The van der Waals surface area contributed by atoms with Gasteiger partial charge >= 0.3 is 5.97 Å². The molecule has 1 aliphatic rings. The molecule has 206 valence electrons. The molecule has 0 saturated carbocycles. The number of anilines is 1. The van der Waals surface area contributed by atoms with E-state index in [0.29, 0.717) is 30.9 Å². The summed E-state index contributed by atoms with van der Waals surface area (Å²) < 4.78 is 39.7. The van der Waals surface area contributed by atoms with Gasteiger partial charge in [0.25, 0.3) is 10.0 Å². The number of aliphatic hydroxyl groups excluding tert-OH is 1. The average molecular weight is 552 g/mol. The minimum atomic E-state index is -3.79. The molecule has 3 aromatic carbocycles. The van der Waals surface area contributed by atoms with Crippen molar-refractivity contribution in [3.8, 4) is 5.75 Å². The van der Waals surface area contributed by atoms with Gasteiger partial charge in [-0.2, -0.15) is 0 Å². The number of carboxylic acid groups (broad SMARTS) is 1. The van der Waals surface area contributed by atoms with Crippen LogP contribution >= 0.6 is 0 Å². The molecular weight excluding hydrogens is 518 g/mol. The Morgan fingerprint density at radius 2 is 1.82 bits per heavy atom. The van der Waals surface area contributed by atoms with E-state index in [1.54, 1.807) is 66.7 Å². The van der Waals surface area contributed by atoms with Crippen molar-refractivity contribution in [2.75, 3.05) is 24.1 Å². The summed E-state index contributed by atoms with van der Waals surface area (Å²) in [4.78, 5) is 11.1. The van der Waals surface area contributed by atoms with Crippen molar-refractivity contribution >= 4 is 27.8 Å². The number of aliphatic hydroxyl groups is 1. The first-order chi connectivity index (χ1) is 18.8. The van der Waals surface area contributed by atoms with Crippen molar-refractivity contribution in [3.05, 3.63) is 96.1 Å². The van der Waals surface area contributed by atoms with Crippen LogP contribution in [0.4, 0.5) is 5.69 Å². The number of carbonyl (C=O) groups is 1. The van der Waals surface area contributed by atoms with Gasteiger partial charge in [-0.05, 0) is 54.3 Å². The highest BCUT2D eigenvalue weighted by Gasteiger charge is 2.30. The molecule has 1 heterocycles. The van der Waals surface area contributed by atoms with E-state index in [1.165, 1.54) is 4.31 Å². The van der Waals surface area contributed by atoms with Crippen molar-refractivity contribution in [2.24, 2.45) is 0 Å². The summed E-state index contributed by atoms with van der Waals surface area (Å²) >= 11 is 0. The molecule has 0 amide bonds. The van der Waals surface area contributed by atoms with Gasteiger partial charge in [0.05, 0.1) is 35.9 Å². The first-order valence-corrected chi connectivity index (χ1v) is 14.3. The lowest BCUT2D eigenvalue weighted by atomic mass is 10.1. The van der Waals surface area contributed by atoms with Crippen molar-refractivity contribution in [2.45, 2.75) is 42.8 Å². The number of carboxylic acids is 1. The van der Waals surface area contributed by atoms with Crippen molar-refractivity contribution in [1.82, 2.24) is 0 Å². The van der Waals surface area contributed by atoms with E-state index in [1.807, 2.05) is 24.3 Å². The lowest BCUT2D eigenvalue weighted by molar-refractivity contribution is -0.136. The summed E-state index contributed by atoms with van der Waals surface area (Å²) in [5, 5.41) is 19.4. The molecule has 2 N–H and O–H groups in total. The van der Waals surface area contributed by atoms with E-state index in [9.17, 15) is 18.3 Å². The Bertz CT molecular complexity index is 1370. The first kappa shape index (κ1) is 28.4. The third kappa shape index (κ3) is 7.92. The molecule has 4 rings (SSSR count).